The van der Waals surface area contributed by atoms with Crippen LogP contribution in [0.3, 0.4) is 0 Å². The van der Waals surface area contributed by atoms with Gasteiger partial charge < -0.3 is 14.7 Å². The Balaban J connectivity index is 1.87. The molecule has 0 saturated carbocycles. The van der Waals surface area contributed by atoms with Crippen molar-refractivity contribution in [2.75, 3.05) is 19.8 Å². The first-order valence-electron chi connectivity index (χ1n) is 6.84. The normalized spacial score (nSPS) is 18.6. The molecule has 1 saturated heterocycles. The number of ether oxygens (including phenoxy) is 1. The first-order valence-corrected chi connectivity index (χ1v) is 7.66. The largest absolute Gasteiger partial charge is 0.481 e. The minimum absolute atomic E-state index is 0.148. The fourth-order valence-electron chi connectivity index (χ4n) is 2.55. The molecule has 0 bridgehead atoms. The monoisotopic (exact) mass is 323 g/mol. The van der Waals surface area contributed by atoms with Crippen LogP contribution >= 0.6 is 11.3 Å². The van der Waals surface area contributed by atoms with Crippen LogP contribution in [0.4, 0.5) is 4.39 Å². The van der Waals surface area contributed by atoms with Crippen molar-refractivity contribution in [2.45, 2.75) is 12.5 Å². The van der Waals surface area contributed by atoms with Gasteiger partial charge in [-0.2, -0.15) is 0 Å². The minimum atomic E-state index is -0.966. The van der Waals surface area contributed by atoms with E-state index >= 15 is 0 Å². The van der Waals surface area contributed by atoms with Crippen molar-refractivity contribution in [2.24, 2.45) is 0 Å². The summed E-state index contributed by atoms with van der Waals surface area (Å²) in [4.78, 5) is 25.6. The number of hydrogen-bond donors (Lipinski definition) is 1. The van der Waals surface area contributed by atoms with E-state index < -0.39 is 12.0 Å². The average Bonchev–Trinajstić information content (AvgIpc) is 2.89. The number of benzene rings is 1. The predicted octanol–water partition coefficient (Wildman–Crippen LogP) is 2.36. The fourth-order valence-corrected chi connectivity index (χ4v) is 3.55. The smallest absolute Gasteiger partial charge is 0.305 e. The Bertz CT molecular complexity index is 729. The van der Waals surface area contributed by atoms with Crippen molar-refractivity contribution in [1.29, 1.82) is 0 Å². The Morgan fingerprint density at radius 2 is 2.23 bits per heavy atom. The molecule has 22 heavy (non-hydrogen) atoms. The second-order valence-electron chi connectivity index (χ2n) is 5.12. The molecule has 1 N–H and O–H groups in total. The molecule has 0 radical (unpaired) electrons. The zero-order chi connectivity index (χ0) is 15.7. The van der Waals surface area contributed by atoms with Crippen LogP contribution in [0, 0.1) is 5.82 Å². The van der Waals surface area contributed by atoms with Crippen LogP contribution < -0.4 is 0 Å². The summed E-state index contributed by atoms with van der Waals surface area (Å²) in [7, 11) is 0. The number of morpholine rings is 1. The van der Waals surface area contributed by atoms with Gasteiger partial charge in [0.05, 0.1) is 30.6 Å². The van der Waals surface area contributed by atoms with E-state index in [4.69, 9.17) is 9.84 Å². The Morgan fingerprint density at radius 3 is 3.00 bits per heavy atom. The number of carboxylic acids is 1. The minimum Gasteiger partial charge on any atom is -0.481 e. The van der Waals surface area contributed by atoms with Gasteiger partial charge in [0.1, 0.15) is 5.82 Å². The molecule has 2 heterocycles. The topological polar surface area (TPSA) is 66.8 Å². The molecule has 1 aliphatic heterocycles. The van der Waals surface area contributed by atoms with Crippen LogP contribution in [0.25, 0.3) is 10.1 Å². The summed E-state index contributed by atoms with van der Waals surface area (Å²) in [5.74, 6) is -1.54. The van der Waals surface area contributed by atoms with E-state index in [-0.39, 0.29) is 24.8 Å². The molecule has 1 aromatic heterocycles. The van der Waals surface area contributed by atoms with Crippen LogP contribution in [0.5, 0.6) is 0 Å². The van der Waals surface area contributed by atoms with E-state index in [1.807, 2.05) is 0 Å². The molecule has 1 unspecified atom stereocenters. The van der Waals surface area contributed by atoms with Crippen LogP contribution in [0.15, 0.2) is 24.3 Å². The van der Waals surface area contributed by atoms with Gasteiger partial charge in [-0.25, -0.2) is 4.39 Å². The molecule has 1 fully saturated rings. The number of carboxylic acid groups (broad SMARTS) is 1. The van der Waals surface area contributed by atoms with E-state index in [0.29, 0.717) is 23.4 Å². The van der Waals surface area contributed by atoms with Gasteiger partial charge in [-0.3, -0.25) is 9.59 Å². The molecule has 5 nitrogen and oxygen atoms in total. The number of rotatable bonds is 3. The van der Waals surface area contributed by atoms with Crippen molar-refractivity contribution in [3.8, 4) is 0 Å². The van der Waals surface area contributed by atoms with Gasteiger partial charge in [-0.15, -0.1) is 11.3 Å². The summed E-state index contributed by atoms with van der Waals surface area (Å²) in [6.07, 6.45) is -0.148. The van der Waals surface area contributed by atoms with Crippen molar-refractivity contribution in [1.82, 2.24) is 4.90 Å². The predicted molar refractivity (Wildman–Crippen MR) is 79.7 cm³/mol. The Kier molecular flexibility index (Phi) is 4.08. The summed E-state index contributed by atoms with van der Waals surface area (Å²) in [5.41, 5.74) is 0. The molecule has 1 aromatic carbocycles. The molecule has 116 valence electrons. The van der Waals surface area contributed by atoms with Crippen LogP contribution in [0.1, 0.15) is 16.1 Å². The first kappa shape index (κ1) is 14.9. The molecule has 1 aliphatic rings. The summed E-state index contributed by atoms with van der Waals surface area (Å²) < 4.78 is 19.3. The number of amides is 1. The summed E-state index contributed by atoms with van der Waals surface area (Å²) in [5, 5.41) is 9.63. The lowest BCUT2D eigenvalue weighted by Gasteiger charge is -2.34. The first-order chi connectivity index (χ1) is 10.5. The van der Waals surface area contributed by atoms with Gasteiger partial charge in [0, 0.05) is 11.2 Å². The standard InChI is InChI=1S/C15H14FNO4S/c16-10-1-2-12-9(5-10)6-13(22-12)15(20)17-3-4-21-8-11(17)7-14(18)19/h1-2,5-6,11H,3-4,7-8H2,(H,18,19). The van der Waals surface area contributed by atoms with E-state index in [9.17, 15) is 14.0 Å². The molecule has 0 aliphatic carbocycles. The van der Waals surface area contributed by atoms with Crippen molar-refractivity contribution < 1.29 is 23.8 Å². The highest BCUT2D eigenvalue weighted by molar-refractivity contribution is 7.20. The second kappa shape index (κ2) is 6.02. The fraction of sp³-hybridized carbons (Fsp3) is 0.333. The summed E-state index contributed by atoms with van der Waals surface area (Å²) in [6.45, 7) is 0.971. The zero-order valence-corrected chi connectivity index (χ0v) is 12.4. The quantitative estimate of drug-likeness (QED) is 0.941. The maximum Gasteiger partial charge on any atom is 0.305 e. The number of aliphatic carboxylic acids is 1. The van der Waals surface area contributed by atoms with E-state index in [1.165, 1.54) is 23.5 Å². The number of hydrogen-bond acceptors (Lipinski definition) is 4. The van der Waals surface area contributed by atoms with Gasteiger partial charge in [-0.05, 0) is 29.7 Å². The molecule has 2 aromatic rings. The Labute approximate surface area is 129 Å². The van der Waals surface area contributed by atoms with Crippen LogP contribution in [-0.4, -0.2) is 47.7 Å². The Morgan fingerprint density at radius 1 is 1.41 bits per heavy atom. The van der Waals surface area contributed by atoms with Gasteiger partial charge in [0.2, 0.25) is 0 Å². The number of nitrogens with zero attached hydrogens (tertiary/aromatic N) is 1. The van der Waals surface area contributed by atoms with E-state index in [2.05, 4.69) is 0 Å². The van der Waals surface area contributed by atoms with E-state index in [0.717, 1.165) is 4.70 Å². The van der Waals surface area contributed by atoms with Crippen LogP contribution in [-0.2, 0) is 9.53 Å². The number of carbonyl (C=O) groups excluding carboxylic acids is 1. The Hall–Kier alpha value is -1.99. The molecule has 7 heteroatoms. The van der Waals surface area contributed by atoms with Crippen molar-refractivity contribution >= 4 is 33.3 Å². The summed E-state index contributed by atoms with van der Waals surface area (Å²) in [6, 6.07) is 5.56. The van der Waals surface area contributed by atoms with Gasteiger partial charge in [0.15, 0.2) is 0 Å². The molecular formula is C15H14FNO4S. The molecule has 0 spiro atoms. The highest BCUT2D eigenvalue weighted by Gasteiger charge is 2.30. The van der Waals surface area contributed by atoms with Crippen LogP contribution in [0.2, 0.25) is 0 Å². The van der Waals surface area contributed by atoms with Gasteiger partial charge in [-0.1, -0.05) is 0 Å². The molecular weight excluding hydrogens is 309 g/mol. The van der Waals surface area contributed by atoms with Gasteiger partial charge >= 0.3 is 5.97 Å². The number of carbonyl (C=O) groups is 2. The van der Waals surface area contributed by atoms with Crippen molar-refractivity contribution in [3.05, 3.63) is 35.0 Å². The lowest BCUT2D eigenvalue weighted by Crippen LogP contribution is -2.49. The second-order valence-corrected chi connectivity index (χ2v) is 6.20. The SMILES string of the molecule is O=C(O)CC1COCCN1C(=O)c1cc2cc(F)ccc2s1. The number of fused-ring (bicyclic) bond motifs is 1. The molecule has 1 atom stereocenters. The third kappa shape index (κ3) is 2.95. The highest BCUT2D eigenvalue weighted by atomic mass is 32.1. The third-order valence-corrected chi connectivity index (χ3v) is 4.69. The molecule has 3 rings (SSSR count). The lowest BCUT2D eigenvalue weighted by atomic mass is 10.1. The maximum absolute atomic E-state index is 13.2. The number of halogens is 1. The van der Waals surface area contributed by atoms with Crippen molar-refractivity contribution in [3.63, 3.8) is 0 Å². The van der Waals surface area contributed by atoms with E-state index in [1.54, 1.807) is 17.0 Å². The maximum atomic E-state index is 13.2. The lowest BCUT2D eigenvalue weighted by molar-refractivity contribution is -0.139. The van der Waals surface area contributed by atoms with Gasteiger partial charge in [0.25, 0.3) is 5.91 Å². The highest BCUT2D eigenvalue weighted by Crippen LogP contribution is 2.28. The zero-order valence-electron chi connectivity index (χ0n) is 11.6. The average molecular weight is 323 g/mol. The third-order valence-electron chi connectivity index (χ3n) is 3.59. The number of thiophene rings is 1. The summed E-state index contributed by atoms with van der Waals surface area (Å²) >= 11 is 1.28. The molecule has 1 amide bonds.